The van der Waals surface area contributed by atoms with Gasteiger partial charge in [0.2, 0.25) is 0 Å². The number of phenolic OH excluding ortho intramolecular Hbond substituents is 1. The Bertz CT molecular complexity index is 428. The molecule has 0 aromatic heterocycles. The minimum absolute atomic E-state index is 0.124. The van der Waals surface area contributed by atoms with Crippen LogP contribution in [-0.2, 0) is 16.8 Å². The van der Waals surface area contributed by atoms with E-state index in [1.165, 1.54) is 6.07 Å². The highest BCUT2D eigenvalue weighted by Gasteiger charge is 2.59. The Hall–Kier alpha value is -1.23. The lowest BCUT2D eigenvalue weighted by Gasteiger charge is -2.39. The first-order chi connectivity index (χ1) is 7.92. The summed E-state index contributed by atoms with van der Waals surface area (Å²) < 4.78 is 44.4. The second-order valence-electron chi connectivity index (χ2n) is 4.19. The van der Waals surface area contributed by atoms with Crippen molar-refractivity contribution in [2.75, 3.05) is 7.11 Å². The molecule has 0 fully saturated rings. The van der Waals surface area contributed by atoms with E-state index in [1.807, 2.05) is 0 Å². The van der Waals surface area contributed by atoms with Crippen LogP contribution >= 0.6 is 0 Å². The van der Waals surface area contributed by atoms with Gasteiger partial charge in [0.25, 0.3) is 0 Å². The monoisotopic (exact) mass is 246 g/mol. The molecule has 0 saturated carbocycles. The number of alkyl halides is 3. The summed E-state index contributed by atoms with van der Waals surface area (Å²) in [6.45, 7) is 0. The van der Waals surface area contributed by atoms with Crippen molar-refractivity contribution in [2.45, 2.75) is 31.0 Å². The van der Waals surface area contributed by atoms with Gasteiger partial charge in [0.05, 0.1) is 0 Å². The molecule has 2 nitrogen and oxygen atoms in total. The molecule has 1 unspecified atom stereocenters. The standard InChI is InChI=1S/C12H13F3O2/c1-17-11(12(13,14)15)7-3-5-8-4-2-6-9(16)10(8)11/h2,4,6,16H,3,5,7H2,1H3. The van der Waals surface area contributed by atoms with E-state index in [9.17, 15) is 18.3 Å². The molecule has 1 aromatic rings. The molecule has 1 N–H and O–H groups in total. The fourth-order valence-corrected chi connectivity index (χ4v) is 2.52. The Kier molecular flexibility index (Phi) is 2.81. The van der Waals surface area contributed by atoms with Gasteiger partial charge in [0.15, 0.2) is 5.60 Å². The van der Waals surface area contributed by atoms with Crippen LogP contribution in [0.15, 0.2) is 18.2 Å². The lowest BCUT2D eigenvalue weighted by Crippen LogP contribution is -2.46. The SMILES string of the molecule is COC1(C(F)(F)F)CCCc2cccc(O)c21. The van der Waals surface area contributed by atoms with Gasteiger partial charge in [-0.15, -0.1) is 0 Å². The van der Waals surface area contributed by atoms with E-state index in [2.05, 4.69) is 0 Å². The van der Waals surface area contributed by atoms with Crippen LogP contribution in [0.5, 0.6) is 5.75 Å². The highest BCUT2D eigenvalue weighted by atomic mass is 19.4. The average molecular weight is 246 g/mol. The van der Waals surface area contributed by atoms with Gasteiger partial charge in [-0.1, -0.05) is 12.1 Å². The number of phenols is 1. The molecule has 1 aliphatic rings. The summed E-state index contributed by atoms with van der Waals surface area (Å²) in [5.74, 6) is -0.346. The molecule has 0 spiro atoms. The Labute approximate surface area is 97.0 Å². The molecule has 0 amide bonds. The van der Waals surface area contributed by atoms with Gasteiger partial charge in [-0.2, -0.15) is 13.2 Å². The molecular weight excluding hydrogens is 233 g/mol. The summed E-state index contributed by atoms with van der Waals surface area (Å²) in [5, 5.41) is 9.71. The number of rotatable bonds is 1. The maximum atomic E-state index is 13.2. The van der Waals surface area contributed by atoms with Crippen molar-refractivity contribution >= 4 is 0 Å². The van der Waals surface area contributed by atoms with Crippen LogP contribution < -0.4 is 0 Å². The molecule has 17 heavy (non-hydrogen) atoms. The van der Waals surface area contributed by atoms with Crippen molar-refractivity contribution in [2.24, 2.45) is 0 Å². The van der Waals surface area contributed by atoms with Crippen LogP contribution in [-0.4, -0.2) is 18.4 Å². The number of methoxy groups -OCH3 is 1. The summed E-state index contributed by atoms with van der Waals surface area (Å²) in [6, 6.07) is 4.42. The zero-order valence-electron chi connectivity index (χ0n) is 9.34. The largest absolute Gasteiger partial charge is 0.508 e. The summed E-state index contributed by atoms with van der Waals surface area (Å²) in [6.07, 6.45) is -3.76. The first kappa shape index (κ1) is 12.2. The molecule has 5 heteroatoms. The maximum Gasteiger partial charge on any atom is 0.421 e. The molecule has 94 valence electrons. The van der Waals surface area contributed by atoms with Crippen LogP contribution in [0.25, 0.3) is 0 Å². The molecule has 1 atom stereocenters. The van der Waals surface area contributed by atoms with Gasteiger partial charge in [-0.05, 0) is 30.9 Å². The van der Waals surface area contributed by atoms with Gasteiger partial charge in [-0.3, -0.25) is 0 Å². The van der Waals surface area contributed by atoms with Gasteiger partial charge in [0, 0.05) is 12.7 Å². The van der Waals surface area contributed by atoms with Crippen LogP contribution in [0.3, 0.4) is 0 Å². The zero-order valence-corrected chi connectivity index (χ0v) is 9.34. The predicted molar refractivity (Wildman–Crippen MR) is 55.8 cm³/mol. The first-order valence-electron chi connectivity index (χ1n) is 5.35. The molecule has 0 heterocycles. The highest BCUT2D eigenvalue weighted by molar-refractivity contribution is 5.46. The minimum Gasteiger partial charge on any atom is -0.508 e. The number of aromatic hydroxyl groups is 1. The van der Waals surface area contributed by atoms with Gasteiger partial charge in [0.1, 0.15) is 5.75 Å². The van der Waals surface area contributed by atoms with Crippen molar-refractivity contribution in [1.82, 2.24) is 0 Å². The summed E-state index contributed by atoms with van der Waals surface area (Å²) in [7, 11) is 1.04. The molecule has 0 radical (unpaired) electrons. The van der Waals surface area contributed by atoms with Crippen molar-refractivity contribution in [1.29, 1.82) is 0 Å². The van der Waals surface area contributed by atoms with E-state index in [1.54, 1.807) is 12.1 Å². The number of benzene rings is 1. The third kappa shape index (κ3) is 1.69. The molecule has 1 aliphatic carbocycles. The number of ether oxygens (including phenoxy) is 1. The van der Waals surface area contributed by atoms with E-state index in [0.29, 0.717) is 18.4 Å². The molecular formula is C12H13F3O2. The topological polar surface area (TPSA) is 29.5 Å². The van der Waals surface area contributed by atoms with Crippen molar-refractivity contribution in [3.8, 4) is 5.75 Å². The van der Waals surface area contributed by atoms with E-state index < -0.39 is 11.8 Å². The average Bonchev–Trinajstić information content (AvgIpc) is 2.27. The quantitative estimate of drug-likeness (QED) is 0.824. The lowest BCUT2D eigenvalue weighted by molar-refractivity contribution is -0.282. The number of hydrogen-bond donors (Lipinski definition) is 1. The minimum atomic E-state index is -4.53. The van der Waals surface area contributed by atoms with E-state index in [0.717, 1.165) is 7.11 Å². The van der Waals surface area contributed by atoms with E-state index >= 15 is 0 Å². The predicted octanol–water partition coefficient (Wildman–Crippen LogP) is 3.13. The van der Waals surface area contributed by atoms with E-state index in [4.69, 9.17) is 4.74 Å². The third-order valence-electron chi connectivity index (χ3n) is 3.31. The molecule has 2 rings (SSSR count). The molecule has 0 bridgehead atoms. The van der Waals surface area contributed by atoms with E-state index in [-0.39, 0.29) is 17.7 Å². The normalized spacial score (nSPS) is 24.5. The Morgan fingerprint density at radius 2 is 2.06 bits per heavy atom. The maximum absolute atomic E-state index is 13.2. The molecule has 0 saturated heterocycles. The second-order valence-corrected chi connectivity index (χ2v) is 4.19. The van der Waals surface area contributed by atoms with Crippen LogP contribution in [0.2, 0.25) is 0 Å². The number of hydrogen-bond acceptors (Lipinski definition) is 2. The number of halogens is 3. The summed E-state index contributed by atoms with van der Waals surface area (Å²) >= 11 is 0. The Balaban J connectivity index is 2.67. The van der Waals surface area contributed by atoms with Gasteiger partial charge < -0.3 is 9.84 Å². The molecule has 0 aliphatic heterocycles. The number of fused-ring (bicyclic) bond motifs is 1. The van der Waals surface area contributed by atoms with Crippen LogP contribution in [0, 0.1) is 0 Å². The molecule has 1 aromatic carbocycles. The third-order valence-corrected chi connectivity index (χ3v) is 3.31. The first-order valence-corrected chi connectivity index (χ1v) is 5.35. The van der Waals surface area contributed by atoms with Crippen molar-refractivity contribution < 1.29 is 23.0 Å². The summed E-state index contributed by atoms with van der Waals surface area (Å²) in [4.78, 5) is 0. The highest BCUT2D eigenvalue weighted by Crippen LogP contribution is 2.51. The smallest absolute Gasteiger partial charge is 0.421 e. The van der Waals surface area contributed by atoms with Crippen molar-refractivity contribution in [3.63, 3.8) is 0 Å². The zero-order chi connectivity index (χ0) is 12.7. The summed E-state index contributed by atoms with van der Waals surface area (Å²) in [5.41, 5.74) is -1.98. The Morgan fingerprint density at radius 1 is 1.35 bits per heavy atom. The van der Waals surface area contributed by atoms with Crippen LogP contribution in [0.1, 0.15) is 24.0 Å². The fraction of sp³-hybridized carbons (Fsp3) is 0.500. The lowest BCUT2D eigenvalue weighted by atomic mass is 9.78. The van der Waals surface area contributed by atoms with Crippen LogP contribution in [0.4, 0.5) is 13.2 Å². The second kappa shape index (κ2) is 3.91. The fourth-order valence-electron chi connectivity index (χ4n) is 2.52. The van der Waals surface area contributed by atoms with Crippen molar-refractivity contribution in [3.05, 3.63) is 29.3 Å². The number of aryl methyl sites for hydroxylation is 1. The van der Waals surface area contributed by atoms with Gasteiger partial charge in [-0.25, -0.2) is 0 Å². The Morgan fingerprint density at radius 3 is 2.65 bits per heavy atom. The van der Waals surface area contributed by atoms with Gasteiger partial charge >= 0.3 is 6.18 Å².